The summed E-state index contributed by atoms with van der Waals surface area (Å²) < 4.78 is 3.71. The van der Waals surface area contributed by atoms with E-state index in [0.29, 0.717) is 6.54 Å². The van der Waals surface area contributed by atoms with Gasteiger partial charge in [0.15, 0.2) is 11.5 Å². The summed E-state index contributed by atoms with van der Waals surface area (Å²) in [5.41, 5.74) is 3.15. The molecule has 5 rings (SSSR count). The highest BCUT2D eigenvalue weighted by Crippen LogP contribution is 2.21. The minimum absolute atomic E-state index is 0.0311. The Hall–Kier alpha value is -2.23. The summed E-state index contributed by atoms with van der Waals surface area (Å²) in [5.74, 6) is 3.00. The summed E-state index contributed by atoms with van der Waals surface area (Å²) in [4.78, 5) is 17.2. The largest absolute Gasteiger partial charge is 0.299 e. The number of hydrogen-bond acceptors (Lipinski definition) is 7. The van der Waals surface area contributed by atoms with Crippen LogP contribution in [0.4, 0.5) is 0 Å². The molecular formula is C20H25N7OS. The number of fused-ring (bicyclic) bond motifs is 2. The van der Waals surface area contributed by atoms with Gasteiger partial charge in [0.1, 0.15) is 0 Å². The van der Waals surface area contributed by atoms with Crippen molar-refractivity contribution in [3.05, 3.63) is 57.9 Å². The SMILES string of the molecule is O=c1cc2c(nn1CCN1CCN(Cc3nnc4ccccn34)CC1)CCSC2. The van der Waals surface area contributed by atoms with Gasteiger partial charge in [-0.2, -0.15) is 16.9 Å². The van der Waals surface area contributed by atoms with Gasteiger partial charge in [-0.25, -0.2) is 4.68 Å². The van der Waals surface area contributed by atoms with Gasteiger partial charge in [0.2, 0.25) is 0 Å². The minimum atomic E-state index is 0.0311. The molecule has 3 aromatic heterocycles. The quantitative estimate of drug-likeness (QED) is 0.618. The maximum absolute atomic E-state index is 12.4. The average Bonchev–Trinajstić information content (AvgIpc) is 3.16. The van der Waals surface area contributed by atoms with E-state index in [1.807, 2.05) is 36.2 Å². The first-order chi connectivity index (χ1) is 14.3. The van der Waals surface area contributed by atoms with E-state index in [9.17, 15) is 4.79 Å². The Morgan fingerprint density at radius 2 is 1.90 bits per heavy atom. The zero-order chi connectivity index (χ0) is 19.6. The van der Waals surface area contributed by atoms with Crippen LogP contribution in [0.5, 0.6) is 0 Å². The van der Waals surface area contributed by atoms with Crippen LogP contribution in [0.25, 0.3) is 5.65 Å². The highest BCUT2D eigenvalue weighted by Gasteiger charge is 2.19. The molecule has 29 heavy (non-hydrogen) atoms. The first-order valence-corrected chi connectivity index (χ1v) is 11.3. The van der Waals surface area contributed by atoms with E-state index in [-0.39, 0.29) is 5.56 Å². The van der Waals surface area contributed by atoms with E-state index < -0.39 is 0 Å². The van der Waals surface area contributed by atoms with Gasteiger partial charge in [0, 0.05) is 57.2 Å². The van der Waals surface area contributed by atoms with Crippen molar-refractivity contribution in [2.45, 2.75) is 25.3 Å². The fourth-order valence-corrected chi connectivity index (χ4v) is 4.97. The molecule has 0 unspecified atom stereocenters. The van der Waals surface area contributed by atoms with Gasteiger partial charge in [-0.05, 0) is 23.4 Å². The molecule has 0 aliphatic carbocycles. The van der Waals surface area contributed by atoms with E-state index in [0.717, 1.165) is 79.9 Å². The van der Waals surface area contributed by atoms with Crippen LogP contribution >= 0.6 is 11.8 Å². The highest BCUT2D eigenvalue weighted by molar-refractivity contribution is 7.98. The van der Waals surface area contributed by atoms with Crippen LogP contribution in [0.1, 0.15) is 17.1 Å². The number of pyridine rings is 1. The molecule has 152 valence electrons. The van der Waals surface area contributed by atoms with Crippen LogP contribution in [-0.2, 0) is 25.3 Å². The van der Waals surface area contributed by atoms with E-state index in [1.54, 1.807) is 10.7 Å². The normalized spacial score (nSPS) is 18.2. The average molecular weight is 412 g/mol. The molecule has 2 aliphatic heterocycles. The minimum Gasteiger partial charge on any atom is -0.299 e. The monoisotopic (exact) mass is 411 g/mol. The summed E-state index contributed by atoms with van der Waals surface area (Å²) in [7, 11) is 0. The van der Waals surface area contributed by atoms with Gasteiger partial charge in [0.05, 0.1) is 18.8 Å². The lowest BCUT2D eigenvalue weighted by Gasteiger charge is -2.34. The lowest BCUT2D eigenvalue weighted by atomic mass is 10.2. The second kappa shape index (κ2) is 8.25. The first kappa shape index (κ1) is 18.8. The van der Waals surface area contributed by atoms with Gasteiger partial charge in [-0.3, -0.25) is 19.0 Å². The van der Waals surface area contributed by atoms with Gasteiger partial charge in [-0.15, -0.1) is 10.2 Å². The molecule has 0 radical (unpaired) electrons. The molecule has 9 heteroatoms. The molecule has 0 N–H and O–H groups in total. The Kier molecular flexibility index (Phi) is 5.34. The third kappa shape index (κ3) is 4.08. The first-order valence-electron chi connectivity index (χ1n) is 10.2. The van der Waals surface area contributed by atoms with Crippen LogP contribution in [0.3, 0.4) is 0 Å². The second-order valence-corrected chi connectivity index (χ2v) is 8.75. The summed E-state index contributed by atoms with van der Waals surface area (Å²) in [6.07, 6.45) is 2.99. The van der Waals surface area contributed by atoms with Crippen molar-refractivity contribution < 1.29 is 0 Å². The van der Waals surface area contributed by atoms with Gasteiger partial charge >= 0.3 is 0 Å². The van der Waals surface area contributed by atoms with Crippen molar-refractivity contribution in [2.75, 3.05) is 38.5 Å². The third-order valence-electron chi connectivity index (χ3n) is 5.75. The van der Waals surface area contributed by atoms with Gasteiger partial charge in [-0.1, -0.05) is 6.07 Å². The number of rotatable bonds is 5. The standard InChI is InChI=1S/C20H25N7OS/c28-20-13-16-15-29-12-4-17(16)23-27(20)11-10-24-6-8-25(9-7-24)14-19-22-21-18-3-1-2-5-26(18)19/h1-3,5,13H,4,6-12,14-15H2. The van der Waals surface area contributed by atoms with Crippen molar-refractivity contribution in [1.29, 1.82) is 0 Å². The predicted octanol–water partition coefficient (Wildman–Crippen LogP) is 0.893. The molecule has 0 bridgehead atoms. The van der Waals surface area contributed by atoms with E-state index >= 15 is 0 Å². The van der Waals surface area contributed by atoms with Crippen LogP contribution in [-0.4, -0.2) is 72.7 Å². The molecule has 2 aliphatic rings. The Morgan fingerprint density at radius 3 is 2.79 bits per heavy atom. The number of piperazine rings is 1. The summed E-state index contributed by atoms with van der Waals surface area (Å²) >= 11 is 1.88. The van der Waals surface area contributed by atoms with Crippen LogP contribution in [0, 0.1) is 0 Å². The predicted molar refractivity (Wildman–Crippen MR) is 113 cm³/mol. The maximum Gasteiger partial charge on any atom is 0.267 e. The Balaban J connectivity index is 1.15. The van der Waals surface area contributed by atoms with E-state index in [2.05, 4.69) is 29.5 Å². The number of nitrogens with zero attached hydrogens (tertiary/aromatic N) is 7. The summed E-state index contributed by atoms with van der Waals surface area (Å²) in [6, 6.07) is 7.75. The number of hydrogen-bond donors (Lipinski definition) is 0. The van der Waals surface area contributed by atoms with Crippen LogP contribution in [0.15, 0.2) is 35.3 Å². The van der Waals surface area contributed by atoms with E-state index in [4.69, 9.17) is 0 Å². The van der Waals surface area contributed by atoms with Crippen LogP contribution < -0.4 is 5.56 Å². The molecular weight excluding hydrogens is 386 g/mol. The Labute approximate surface area is 173 Å². The second-order valence-electron chi connectivity index (χ2n) is 7.64. The lowest BCUT2D eigenvalue weighted by Crippen LogP contribution is -2.47. The van der Waals surface area contributed by atoms with Gasteiger partial charge in [0.25, 0.3) is 5.56 Å². The Morgan fingerprint density at radius 1 is 1.03 bits per heavy atom. The highest BCUT2D eigenvalue weighted by atomic mass is 32.2. The topological polar surface area (TPSA) is 71.6 Å². The summed E-state index contributed by atoms with van der Waals surface area (Å²) in [5, 5.41) is 13.2. The van der Waals surface area contributed by atoms with Crippen molar-refractivity contribution >= 4 is 17.4 Å². The molecule has 0 aromatic carbocycles. The molecule has 8 nitrogen and oxygen atoms in total. The molecule has 0 saturated carbocycles. The summed E-state index contributed by atoms with van der Waals surface area (Å²) in [6.45, 7) is 6.30. The van der Waals surface area contributed by atoms with Crippen molar-refractivity contribution in [3.8, 4) is 0 Å². The number of aryl methyl sites for hydroxylation is 1. The maximum atomic E-state index is 12.4. The smallest absolute Gasteiger partial charge is 0.267 e. The fourth-order valence-electron chi connectivity index (χ4n) is 4.02. The zero-order valence-electron chi connectivity index (χ0n) is 16.4. The van der Waals surface area contributed by atoms with Crippen molar-refractivity contribution in [2.24, 2.45) is 0 Å². The zero-order valence-corrected chi connectivity index (χ0v) is 17.2. The fraction of sp³-hybridized carbons (Fsp3) is 0.500. The molecule has 0 amide bonds. The molecule has 3 aromatic rings. The molecule has 1 saturated heterocycles. The molecule has 1 fully saturated rings. The van der Waals surface area contributed by atoms with Crippen molar-refractivity contribution in [3.63, 3.8) is 0 Å². The van der Waals surface area contributed by atoms with Crippen molar-refractivity contribution in [1.82, 2.24) is 34.2 Å². The van der Waals surface area contributed by atoms with Crippen LogP contribution in [0.2, 0.25) is 0 Å². The van der Waals surface area contributed by atoms with Gasteiger partial charge < -0.3 is 0 Å². The lowest BCUT2D eigenvalue weighted by molar-refractivity contribution is 0.120. The number of aromatic nitrogens is 5. The Bertz CT molecular complexity index is 1050. The third-order valence-corrected chi connectivity index (χ3v) is 6.76. The molecule has 0 spiro atoms. The number of thioether (sulfide) groups is 1. The molecule has 5 heterocycles. The molecule has 0 atom stereocenters. The van der Waals surface area contributed by atoms with E-state index in [1.165, 1.54) is 0 Å².